The van der Waals surface area contributed by atoms with Crippen LogP contribution in [0.25, 0.3) is 21.3 Å². The fraction of sp³-hybridized carbons (Fsp3) is 0.278. The van der Waals surface area contributed by atoms with E-state index in [1.807, 2.05) is 35.7 Å². The highest BCUT2D eigenvalue weighted by Crippen LogP contribution is 2.30. The molecule has 0 fully saturated rings. The zero-order valence-electron chi connectivity index (χ0n) is 14.7. The minimum absolute atomic E-state index is 0.136. The van der Waals surface area contributed by atoms with Crippen LogP contribution in [-0.2, 0) is 15.4 Å². The number of benzene rings is 1. The van der Waals surface area contributed by atoms with Gasteiger partial charge in [-0.1, -0.05) is 30.3 Å². The van der Waals surface area contributed by atoms with Gasteiger partial charge in [-0.15, -0.1) is 23.1 Å². The molecule has 0 bridgehead atoms. The summed E-state index contributed by atoms with van der Waals surface area (Å²) in [7, 11) is 3.02. The second-order valence-corrected chi connectivity index (χ2v) is 7.87. The largest absolute Gasteiger partial charge is 0.309 e. The van der Waals surface area contributed by atoms with Crippen LogP contribution < -0.4 is 5.56 Å². The van der Waals surface area contributed by atoms with Gasteiger partial charge in [0, 0.05) is 18.0 Å². The van der Waals surface area contributed by atoms with Gasteiger partial charge < -0.3 is 4.98 Å². The molecule has 1 amide bonds. The second kappa shape index (κ2) is 8.03. The molecule has 26 heavy (non-hydrogen) atoms. The molecule has 136 valence electrons. The molecule has 2 heterocycles. The summed E-state index contributed by atoms with van der Waals surface area (Å²) < 4.78 is 0. The number of hydrogen-bond donors (Lipinski definition) is 1. The predicted octanol–water partition coefficient (Wildman–Crippen LogP) is 3.29. The quantitative estimate of drug-likeness (QED) is 0.655. The third kappa shape index (κ3) is 3.82. The number of carbonyl (C=O) groups excluding carboxylic acids is 1. The molecule has 0 aliphatic carbocycles. The number of thioether (sulfide) groups is 1. The summed E-state index contributed by atoms with van der Waals surface area (Å²) in [4.78, 5) is 37.6. The summed E-state index contributed by atoms with van der Waals surface area (Å²) in [6, 6.07) is 9.79. The van der Waals surface area contributed by atoms with E-state index in [1.54, 1.807) is 14.0 Å². The molecule has 1 atom stereocenters. The number of carbonyl (C=O) groups is 1. The molecule has 0 aliphatic rings. The van der Waals surface area contributed by atoms with E-state index in [9.17, 15) is 9.59 Å². The molecule has 3 aromatic rings. The van der Waals surface area contributed by atoms with Crippen molar-refractivity contribution < 1.29 is 9.63 Å². The van der Waals surface area contributed by atoms with Crippen LogP contribution >= 0.6 is 23.1 Å². The number of aromatic amines is 1. The number of aromatic nitrogens is 2. The molecule has 0 spiro atoms. The van der Waals surface area contributed by atoms with Gasteiger partial charge in [-0.3, -0.25) is 14.4 Å². The molecule has 1 N–H and O–H groups in total. The van der Waals surface area contributed by atoms with Crippen molar-refractivity contribution >= 4 is 39.2 Å². The Morgan fingerprint density at radius 3 is 2.81 bits per heavy atom. The number of nitrogens with one attached hydrogen (secondary N) is 1. The number of H-pyrrole nitrogens is 1. The van der Waals surface area contributed by atoms with Crippen LogP contribution in [0.2, 0.25) is 0 Å². The van der Waals surface area contributed by atoms with Crippen LogP contribution in [-0.4, -0.2) is 40.3 Å². The fourth-order valence-corrected chi connectivity index (χ4v) is 4.32. The fourth-order valence-electron chi connectivity index (χ4n) is 2.51. The average Bonchev–Trinajstić information content (AvgIpc) is 3.10. The van der Waals surface area contributed by atoms with Gasteiger partial charge in [-0.05, 0) is 12.5 Å². The van der Waals surface area contributed by atoms with Crippen LogP contribution in [0.4, 0.5) is 0 Å². The molecule has 0 radical (unpaired) electrons. The number of hydrogen-bond acceptors (Lipinski definition) is 6. The number of hydroxylamine groups is 2. The van der Waals surface area contributed by atoms with E-state index >= 15 is 0 Å². The van der Waals surface area contributed by atoms with Gasteiger partial charge in [0.25, 0.3) is 11.5 Å². The monoisotopic (exact) mass is 389 g/mol. The van der Waals surface area contributed by atoms with E-state index in [4.69, 9.17) is 4.84 Å². The lowest BCUT2D eigenvalue weighted by Gasteiger charge is -2.18. The summed E-state index contributed by atoms with van der Waals surface area (Å²) in [6.45, 7) is 1.80. The average molecular weight is 390 g/mol. The van der Waals surface area contributed by atoms with Crippen molar-refractivity contribution in [2.45, 2.75) is 17.9 Å². The van der Waals surface area contributed by atoms with E-state index in [1.165, 1.54) is 35.3 Å². The Balaban J connectivity index is 1.82. The van der Waals surface area contributed by atoms with E-state index in [0.29, 0.717) is 21.8 Å². The van der Waals surface area contributed by atoms with Gasteiger partial charge in [-0.2, -0.15) is 0 Å². The lowest BCUT2D eigenvalue weighted by atomic mass is 10.1. The van der Waals surface area contributed by atoms with Gasteiger partial charge in [0.15, 0.2) is 0 Å². The molecular weight excluding hydrogens is 370 g/mol. The molecule has 0 aliphatic heterocycles. The highest BCUT2D eigenvalue weighted by molar-refractivity contribution is 7.99. The van der Waals surface area contributed by atoms with Crippen molar-refractivity contribution in [3.63, 3.8) is 0 Å². The highest BCUT2D eigenvalue weighted by atomic mass is 32.2. The Morgan fingerprint density at radius 1 is 1.38 bits per heavy atom. The van der Waals surface area contributed by atoms with E-state index in [0.717, 1.165) is 11.1 Å². The first-order valence-corrected chi connectivity index (χ1v) is 9.93. The normalized spacial score (nSPS) is 12.3. The Labute approximate surface area is 159 Å². The molecule has 0 saturated heterocycles. The highest BCUT2D eigenvalue weighted by Gasteiger charge is 2.19. The molecule has 8 heteroatoms. The zero-order chi connectivity index (χ0) is 18.7. The Morgan fingerprint density at radius 2 is 2.12 bits per heavy atom. The summed E-state index contributed by atoms with van der Waals surface area (Å²) in [5, 5.41) is 3.46. The minimum atomic E-state index is -0.302. The molecule has 2 aromatic heterocycles. The number of fused-ring (bicyclic) bond motifs is 1. The molecule has 6 nitrogen and oxygen atoms in total. The van der Waals surface area contributed by atoms with Gasteiger partial charge in [-0.25, -0.2) is 10.0 Å². The summed E-state index contributed by atoms with van der Waals surface area (Å²) in [5.41, 5.74) is 1.73. The maximum Gasteiger partial charge on any atom is 0.260 e. The van der Waals surface area contributed by atoms with Crippen molar-refractivity contribution in [1.29, 1.82) is 0 Å². The van der Waals surface area contributed by atoms with Crippen LogP contribution in [0.1, 0.15) is 12.7 Å². The van der Waals surface area contributed by atoms with E-state index in [2.05, 4.69) is 9.97 Å². The third-order valence-electron chi connectivity index (χ3n) is 3.98. The maximum absolute atomic E-state index is 12.6. The second-order valence-electron chi connectivity index (χ2n) is 5.68. The summed E-state index contributed by atoms with van der Waals surface area (Å²) in [5.74, 6) is 0.867. The van der Waals surface area contributed by atoms with Crippen LogP contribution in [0, 0.1) is 0 Å². The standard InChI is InChI=1S/C18H19N3O3S2/c1-11(18(23)21(2)24-3)25-10-14-19-16(22)15-13(9-26-17(15)20-14)12-7-5-4-6-8-12/h4-9,11H,10H2,1-3H3,(H,19,20,22). The lowest BCUT2D eigenvalue weighted by molar-refractivity contribution is -0.167. The number of thiophene rings is 1. The molecule has 1 aromatic carbocycles. The molecule has 3 rings (SSSR count). The molecular formula is C18H19N3O3S2. The third-order valence-corrected chi connectivity index (χ3v) is 5.99. The van der Waals surface area contributed by atoms with Crippen LogP contribution in [0.3, 0.4) is 0 Å². The van der Waals surface area contributed by atoms with Gasteiger partial charge >= 0.3 is 0 Å². The lowest BCUT2D eigenvalue weighted by Crippen LogP contribution is -2.32. The first kappa shape index (κ1) is 18.6. The van der Waals surface area contributed by atoms with Crippen LogP contribution in [0.5, 0.6) is 0 Å². The predicted molar refractivity (Wildman–Crippen MR) is 106 cm³/mol. The summed E-state index contributed by atoms with van der Waals surface area (Å²) in [6.07, 6.45) is 0. The Hall–Kier alpha value is -2.16. The first-order chi connectivity index (χ1) is 12.5. The minimum Gasteiger partial charge on any atom is -0.309 e. The summed E-state index contributed by atoms with van der Waals surface area (Å²) >= 11 is 2.85. The number of amides is 1. The SMILES string of the molecule is CON(C)C(=O)C(C)SCc1nc2scc(-c3ccccc3)c2c(=O)[nH]1. The van der Waals surface area contributed by atoms with Crippen molar-refractivity contribution in [2.24, 2.45) is 0 Å². The van der Waals surface area contributed by atoms with Crippen molar-refractivity contribution in [3.8, 4) is 11.1 Å². The van der Waals surface area contributed by atoms with Crippen molar-refractivity contribution in [3.05, 3.63) is 51.9 Å². The molecule has 1 unspecified atom stereocenters. The maximum atomic E-state index is 12.6. The first-order valence-electron chi connectivity index (χ1n) is 8.00. The van der Waals surface area contributed by atoms with Crippen molar-refractivity contribution in [1.82, 2.24) is 15.0 Å². The zero-order valence-corrected chi connectivity index (χ0v) is 16.3. The Bertz CT molecular complexity index is 969. The van der Waals surface area contributed by atoms with Crippen molar-refractivity contribution in [2.75, 3.05) is 14.2 Å². The Kier molecular flexibility index (Phi) is 5.75. The van der Waals surface area contributed by atoms with E-state index < -0.39 is 0 Å². The topological polar surface area (TPSA) is 75.3 Å². The van der Waals surface area contributed by atoms with Gasteiger partial charge in [0.1, 0.15) is 10.7 Å². The van der Waals surface area contributed by atoms with Gasteiger partial charge in [0.05, 0.1) is 23.5 Å². The van der Waals surface area contributed by atoms with Crippen LogP contribution in [0.15, 0.2) is 40.5 Å². The van der Waals surface area contributed by atoms with E-state index in [-0.39, 0.29) is 16.7 Å². The smallest absolute Gasteiger partial charge is 0.260 e. The number of nitrogens with zero attached hydrogens (tertiary/aromatic N) is 2. The van der Waals surface area contributed by atoms with Gasteiger partial charge in [0.2, 0.25) is 0 Å². The molecule has 0 saturated carbocycles. The number of rotatable bonds is 6.